The molecular weight excluding hydrogens is 160 g/mol. The molecule has 0 aromatic carbocycles. The number of nitrogens with one attached hydrogen (secondary N) is 1. The van der Waals surface area contributed by atoms with Gasteiger partial charge in [-0.15, -0.1) is 0 Å². The Kier molecular flexibility index (Phi) is 4.74. The molecule has 0 bridgehead atoms. The van der Waals surface area contributed by atoms with Gasteiger partial charge in [-0.05, 0) is 51.9 Å². The Hall–Kier alpha value is -0.0800. The summed E-state index contributed by atoms with van der Waals surface area (Å²) in [4.78, 5) is 2.51. The third kappa shape index (κ3) is 3.65. The summed E-state index contributed by atoms with van der Waals surface area (Å²) < 4.78 is 0. The van der Waals surface area contributed by atoms with E-state index in [1.54, 1.807) is 0 Å². The van der Waals surface area contributed by atoms with Gasteiger partial charge < -0.3 is 10.2 Å². The van der Waals surface area contributed by atoms with E-state index in [2.05, 4.69) is 31.1 Å². The topological polar surface area (TPSA) is 15.3 Å². The fourth-order valence-electron chi connectivity index (χ4n) is 1.98. The molecule has 0 spiro atoms. The molecule has 1 N–H and O–H groups in total. The highest BCUT2D eigenvalue weighted by atomic mass is 15.1. The summed E-state index contributed by atoms with van der Waals surface area (Å²) in [5.41, 5.74) is 0. The highest BCUT2D eigenvalue weighted by Crippen LogP contribution is 2.33. The minimum Gasteiger partial charge on any atom is -0.317 e. The Morgan fingerprint density at radius 3 is 2.31 bits per heavy atom. The predicted molar refractivity (Wildman–Crippen MR) is 58.0 cm³/mol. The zero-order valence-electron chi connectivity index (χ0n) is 9.34. The van der Waals surface area contributed by atoms with E-state index in [-0.39, 0.29) is 0 Å². The molecule has 1 fully saturated rings. The molecule has 1 aliphatic carbocycles. The van der Waals surface area contributed by atoms with Gasteiger partial charge in [-0.2, -0.15) is 0 Å². The second-order valence-corrected chi connectivity index (χ2v) is 4.05. The summed E-state index contributed by atoms with van der Waals surface area (Å²) in [6, 6.07) is 0.778. The normalized spacial score (nSPS) is 19.4. The zero-order chi connectivity index (χ0) is 9.68. The molecule has 2 nitrogen and oxygen atoms in total. The standard InChI is InChI=1S/C11H24N2/c1-4-13(5-2)9-8-11(12-3)10-6-7-10/h10-12H,4-9H2,1-3H3. The summed E-state index contributed by atoms with van der Waals surface area (Å²) in [5, 5.41) is 3.44. The number of nitrogens with zero attached hydrogens (tertiary/aromatic N) is 1. The monoisotopic (exact) mass is 184 g/mol. The second-order valence-electron chi connectivity index (χ2n) is 4.05. The molecule has 13 heavy (non-hydrogen) atoms. The van der Waals surface area contributed by atoms with E-state index in [1.807, 2.05) is 0 Å². The second kappa shape index (κ2) is 5.61. The van der Waals surface area contributed by atoms with Gasteiger partial charge in [0.1, 0.15) is 0 Å². The molecule has 0 radical (unpaired) electrons. The highest BCUT2D eigenvalue weighted by Gasteiger charge is 2.29. The van der Waals surface area contributed by atoms with Crippen LogP contribution in [-0.4, -0.2) is 37.6 Å². The quantitative estimate of drug-likeness (QED) is 0.648. The molecule has 1 rings (SSSR count). The summed E-state index contributed by atoms with van der Waals surface area (Å²) in [6.45, 7) is 8.13. The van der Waals surface area contributed by atoms with Gasteiger partial charge in [0.2, 0.25) is 0 Å². The lowest BCUT2D eigenvalue weighted by Gasteiger charge is -2.22. The van der Waals surface area contributed by atoms with Crippen LogP contribution in [0.5, 0.6) is 0 Å². The van der Waals surface area contributed by atoms with Gasteiger partial charge in [-0.3, -0.25) is 0 Å². The SMILES string of the molecule is CCN(CC)CCC(NC)C1CC1. The van der Waals surface area contributed by atoms with Crippen LogP contribution >= 0.6 is 0 Å². The number of rotatable bonds is 7. The predicted octanol–water partition coefficient (Wildman–Crippen LogP) is 1.72. The molecular formula is C11H24N2. The lowest BCUT2D eigenvalue weighted by Crippen LogP contribution is -2.33. The van der Waals surface area contributed by atoms with Gasteiger partial charge in [0.05, 0.1) is 0 Å². The lowest BCUT2D eigenvalue weighted by molar-refractivity contribution is 0.277. The van der Waals surface area contributed by atoms with Crippen LogP contribution in [0.3, 0.4) is 0 Å². The number of hydrogen-bond donors (Lipinski definition) is 1. The highest BCUT2D eigenvalue weighted by molar-refractivity contribution is 4.85. The van der Waals surface area contributed by atoms with Crippen LogP contribution in [0.25, 0.3) is 0 Å². The van der Waals surface area contributed by atoms with Crippen molar-refractivity contribution in [1.82, 2.24) is 10.2 Å². The fraction of sp³-hybridized carbons (Fsp3) is 1.00. The van der Waals surface area contributed by atoms with Crippen molar-refractivity contribution >= 4 is 0 Å². The molecule has 1 aliphatic rings. The van der Waals surface area contributed by atoms with E-state index in [9.17, 15) is 0 Å². The van der Waals surface area contributed by atoms with E-state index in [4.69, 9.17) is 0 Å². The fourth-order valence-corrected chi connectivity index (χ4v) is 1.98. The smallest absolute Gasteiger partial charge is 0.0104 e. The van der Waals surface area contributed by atoms with Crippen molar-refractivity contribution in [1.29, 1.82) is 0 Å². The van der Waals surface area contributed by atoms with E-state index in [1.165, 1.54) is 38.9 Å². The maximum Gasteiger partial charge on any atom is 0.0104 e. The maximum absolute atomic E-state index is 3.44. The van der Waals surface area contributed by atoms with Crippen molar-refractivity contribution in [3.05, 3.63) is 0 Å². The van der Waals surface area contributed by atoms with Crippen molar-refractivity contribution in [3.63, 3.8) is 0 Å². The van der Waals surface area contributed by atoms with Crippen LogP contribution < -0.4 is 5.32 Å². The van der Waals surface area contributed by atoms with Gasteiger partial charge >= 0.3 is 0 Å². The van der Waals surface area contributed by atoms with Gasteiger partial charge in [0.15, 0.2) is 0 Å². The summed E-state index contributed by atoms with van der Waals surface area (Å²) in [6.07, 6.45) is 4.22. The third-order valence-corrected chi connectivity index (χ3v) is 3.21. The van der Waals surface area contributed by atoms with Crippen LogP contribution in [-0.2, 0) is 0 Å². The Bertz CT molecular complexity index is 128. The Balaban J connectivity index is 2.14. The van der Waals surface area contributed by atoms with Crippen LogP contribution in [0, 0.1) is 5.92 Å². The minimum absolute atomic E-state index is 0.778. The average molecular weight is 184 g/mol. The molecule has 0 amide bonds. The lowest BCUT2D eigenvalue weighted by atomic mass is 10.1. The van der Waals surface area contributed by atoms with E-state index < -0.39 is 0 Å². The molecule has 2 heteroatoms. The molecule has 1 atom stereocenters. The summed E-state index contributed by atoms with van der Waals surface area (Å²) >= 11 is 0. The Morgan fingerprint density at radius 1 is 1.31 bits per heavy atom. The van der Waals surface area contributed by atoms with Crippen molar-refractivity contribution in [3.8, 4) is 0 Å². The molecule has 0 aromatic heterocycles. The maximum atomic E-state index is 3.44. The molecule has 0 heterocycles. The van der Waals surface area contributed by atoms with Crippen molar-refractivity contribution in [2.24, 2.45) is 5.92 Å². The Labute approximate surface area is 82.7 Å². The van der Waals surface area contributed by atoms with Crippen LogP contribution in [0.15, 0.2) is 0 Å². The molecule has 0 aliphatic heterocycles. The first-order valence-corrected chi connectivity index (χ1v) is 5.71. The van der Waals surface area contributed by atoms with E-state index >= 15 is 0 Å². The third-order valence-electron chi connectivity index (χ3n) is 3.21. The zero-order valence-corrected chi connectivity index (χ0v) is 9.34. The Morgan fingerprint density at radius 2 is 1.92 bits per heavy atom. The molecule has 78 valence electrons. The molecule has 0 saturated heterocycles. The summed E-state index contributed by atoms with van der Waals surface area (Å²) in [7, 11) is 2.10. The van der Waals surface area contributed by atoms with Gasteiger partial charge in [0, 0.05) is 6.04 Å². The first-order chi connectivity index (χ1) is 6.31. The van der Waals surface area contributed by atoms with Crippen molar-refractivity contribution in [2.75, 3.05) is 26.7 Å². The number of hydrogen-bond acceptors (Lipinski definition) is 2. The first-order valence-electron chi connectivity index (χ1n) is 5.71. The molecule has 0 aromatic rings. The van der Waals surface area contributed by atoms with E-state index in [0.717, 1.165) is 12.0 Å². The van der Waals surface area contributed by atoms with Crippen LogP contribution in [0.4, 0.5) is 0 Å². The van der Waals surface area contributed by atoms with Crippen LogP contribution in [0.2, 0.25) is 0 Å². The van der Waals surface area contributed by atoms with E-state index in [0.29, 0.717) is 0 Å². The average Bonchev–Trinajstić information content (AvgIpc) is 2.96. The first kappa shape index (κ1) is 11.0. The largest absolute Gasteiger partial charge is 0.317 e. The molecule has 1 unspecified atom stereocenters. The van der Waals surface area contributed by atoms with Gasteiger partial charge in [0.25, 0.3) is 0 Å². The van der Waals surface area contributed by atoms with Crippen LogP contribution in [0.1, 0.15) is 33.1 Å². The van der Waals surface area contributed by atoms with Gasteiger partial charge in [-0.25, -0.2) is 0 Å². The molecule has 1 saturated carbocycles. The minimum atomic E-state index is 0.778. The van der Waals surface area contributed by atoms with Crippen molar-refractivity contribution in [2.45, 2.75) is 39.2 Å². The van der Waals surface area contributed by atoms with Gasteiger partial charge in [-0.1, -0.05) is 13.8 Å². The summed E-state index contributed by atoms with van der Waals surface area (Å²) in [5.74, 6) is 0.987. The van der Waals surface area contributed by atoms with Crippen molar-refractivity contribution < 1.29 is 0 Å².